The first-order valence-corrected chi connectivity index (χ1v) is 7.42. The molecule has 0 unspecified atom stereocenters. The summed E-state index contributed by atoms with van der Waals surface area (Å²) >= 11 is 0. The zero-order chi connectivity index (χ0) is 18.2. The fourth-order valence-corrected chi connectivity index (χ4v) is 2.58. The molecule has 0 N–H and O–H groups in total. The van der Waals surface area contributed by atoms with E-state index in [1.165, 1.54) is 25.2 Å². The van der Waals surface area contributed by atoms with Crippen molar-refractivity contribution in [3.63, 3.8) is 0 Å². The lowest BCUT2D eigenvalue weighted by atomic mass is 10.1. The maximum absolute atomic E-state index is 13.0. The minimum absolute atomic E-state index is 0.0594. The van der Waals surface area contributed by atoms with Gasteiger partial charge in [0.05, 0.1) is 6.42 Å². The van der Waals surface area contributed by atoms with Gasteiger partial charge in [0.15, 0.2) is 11.3 Å². The topological polar surface area (TPSA) is 64.2 Å². The predicted octanol–water partition coefficient (Wildman–Crippen LogP) is 2.78. The van der Waals surface area contributed by atoms with Crippen LogP contribution in [0, 0.1) is 0 Å². The molecule has 0 saturated carbocycles. The number of aromatic nitrogens is 3. The van der Waals surface area contributed by atoms with Gasteiger partial charge in [-0.25, -0.2) is 0 Å². The second-order valence-corrected chi connectivity index (χ2v) is 5.73. The van der Waals surface area contributed by atoms with Crippen molar-refractivity contribution in [2.24, 2.45) is 7.05 Å². The van der Waals surface area contributed by atoms with Gasteiger partial charge in [-0.2, -0.15) is 18.3 Å². The zero-order valence-corrected chi connectivity index (χ0v) is 13.5. The number of benzene rings is 1. The molecule has 0 bridgehead atoms. The van der Waals surface area contributed by atoms with E-state index in [9.17, 15) is 18.0 Å². The Kier molecular flexibility index (Phi) is 4.23. The van der Waals surface area contributed by atoms with Crippen LogP contribution >= 0.6 is 0 Å². The lowest BCUT2D eigenvalue weighted by Gasteiger charge is -2.17. The highest BCUT2D eigenvalue weighted by Gasteiger charge is 2.37. The van der Waals surface area contributed by atoms with Crippen molar-refractivity contribution in [2.75, 3.05) is 7.05 Å². The molecule has 9 heteroatoms. The van der Waals surface area contributed by atoms with Crippen LogP contribution in [0.3, 0.4) is 0 Å². The van der Waals surface area contributed by atoms with Crippen molar-refractivity contribution < 1.29 is 22.5 Å². The second kappa shape index (κ2) is 6.23. The van der Waals surface area contributed by atoms with E-state index < -0.39 is 11.9 Å². The van der Waals surface area contributed by atoms with Crippen LogP contribution in [0.25, 0.3) is 11.0 Å². The van der Waals surface area contributed by atoms with Gasteiger partial charge in [0.2, 0.25) is 5.91 Å². The van der Waals surface area contributed by atoms with E-state index in [-0.39, 0.29) is 24.4 Å². The van der Waals surface area contributed by atoms with Crippen LogP contribution in [0.4, 0.5) is 13.2 Å². The molecule has 0 atom stereocenters. The third-order valence-electron chi connectivity index (χ3n) is 3.78. The summed E-state index contributed by atoms with van der Waals surface area (Å²) in [4.78, 5) is 13.6. The van der Waals surface area contributed by atoms with Gasteiger partial charge in [-0.1, -0.05) is 17.3 Å². The fraction of sp³-hybridized carbons (Fsp3) is 0.312. The summed E-state index contributed by atoms with van der Waals surface area (Å²) in [5.74, 6) is -0.365. The molecule has 3 rings (SSSR count). The quantitative estimate of drug-likeness (QED) is 0.724. The van der Waals surface area contributed by atoms with Crippen LogP contribution in [-0.2, 0) is 31.0 Å². The number of aryl methyl sites for hydroxylation is 1. The highest BCUT2D eigenvalue weighted by atomic mass is 19.4. The SMILES string of the molecule is CN(Cc1cn(C)nc1C(F)(F)F)C(=O)Cc1noc2ccccc12. The van der Waals surface area contributed by atoms with Crippen molar-refractivity contribution in [1.29, 1.82) is 0 Å². The molecule has 2 heterocycles. The Morgan fingerprint density at radius 1 is 1.32 bits per heavy atom. The molecule has 0 spiro atoms. The molecule has 0 saturated heterocycles. The summed E-state index contributed by atoms with van der Waals surface area (Å²) in [5, 5.41) is 8.01. The molecule has 0 aliphatic heterocycles. The van der Waals surface area contributed by atoms with Crippen molar-refractivity contribution in [3.05, 3.63) is 47.4 Å². The van der Waals surface area contributed by atoms with Crippen molar-refractivity contribution in [3.8, 4) is 0 Å². The van der Waals surface area contributed by atoms with Gasteiger partial charge >= 0.3 is 6.18 Å². The highest BCUT2D eigenvalue weighted by Crippen LogP contribution is 2.31. The first-order valence-electron chi connectivity index (χ1n) is 7.42. The van der Waals surface area contributed by atoms with E-state index in [1.807, 2.05) is 0 Å². The Bertz CT molecular complexity index is 914. The zero-order valence-electron chi connectivity index (χ0n) is 13.5. The minimum Gasteiger partial charge on any atom is -0.356 e. The van der Waals surface area contributed by atoms with E-state index in [0.717, 1.165) is 4.68 Å². The van der Waals surface area contributed by atoms with Crippen molar-refractivity contribution >= 4 is 16.9 Å². The minimum atomic E-state index is -4.57. The standard InChI is InChI=1S/C16H15F3N4O2/c1-22(8-10-9-23(2)20-15(10)16(17,18)19)14(24)7-12-11-5-3-4-6-13(11)25-21-12/h3-6,9H,7-8H2,1-2H3. The van der Waals surface area contributed by atoms with E-state index in [2.05, 4.69) is 10.3 Å². The van der Waals surface area contributed by atoms with Gasteiger partial charge in [-0.3, -0.25) is 9.48 Å². The molecule has 25 heavy (non-hydrogen) atoms. The Morgan fingerprint density at radius 2 is 2.04 bits per heavy atom. The number of amides is 1. The normalized spacial score (nSPS) is 11.9. The largest absolute Gasteiger partial charge is 0.435 e. The summed E-state index contributed by atoms with van der Waals surface area (Å²) in [5.41, 5.74) is -0.0355. The number of alkyl halides is 3. The molecule has 1 aromatic carbocycles. The summed E-state index contributed by atoms with van der Waals surface area (Å²) in [6.45, 7) is -0.197. The van der Waals surface area contributed by atoms with E-state index in [1.54, 1.807) is 24.3 Å². The number of likely N-dealkylation sites (N-methyl/N-ethyl adjacent to an activating group) is 1. The smallest absolute Gasteiger partial charge is 0.356 e. The van der Waals surface area contributed by atoms with E-state index in [4.69, 9.17) is 4.52 Å². The van der Waals surface area contributed by atoms with Gasteiger partial charge in [0, 0.05) is 37.8 Å². The Labute approximate surface area is 140 Å². The molecule has 132 valence electrons. The van der Waals surface area contributed by atoms with Gasteiger partial charge in [-0.15, -0.1) is 0 Å². The van der Waals surface area contributed by atoms with Crippen LogP contribution in [0.15, 0.2) is 35.0 Å². The van der Waals surface area contributed by atoms with Crippen LogP contribution in [-0.4, -0.2) is 32.8 Å². The predicted molar refractivity (Wildman–Crippen MR) is 82.4 cm³/mol. The third-order valence-corrected chi connectivity index (χ3v) is 3.78. The highest BCUT2D eigenvalue weighted by molar-refractivity contribution is 5.86. The first-order chi connectivity index (χ1) is 11.8. The van der Waals surface area contributed by atoms with Gasteiger partial charge in [-0.05, 0) is 12.1 Å². The number of carbonyl (C=O) groups is 1. The second-order valence-electron chi connectivity index (χ2n) is 5.73. The molecule has 0 radical (unpaired) electrons. The number of carbonyl (C=O) groups excluding carboxylic acids is 1. The van der Waals surface area contributed by atoms with Gasteiger partial charge in [0.1, 0.15) is 5.69 Å². The average molecular weight is 352 g/mol. The van der Waals surface area contributed by atoms with Crippen LogP contribution in [0.2, 0.25) is 0 Å². The van der Waals surface area contributed by atoms with E-state index in [0.29, 0.717) is 16.7 Å². The number of rotatable bonds is 4. The summed E-state index contributed by atoms with van der Waals surface area (Å²) in [6, 6.07) is 7.08. The van der Waals surface area contributed by atoms with Crippen molar-refractivity contribution in [1.82, 2.24) is 19.8 Å². The van der Waals surface area contributed by atoms with E-state index >= 15 is 0 Å². The summed E-state index contributed by atoms with van der Waals surface area (Å²) in [7, 11) is 2.85. The molecule has 0 aliphatic rings. The maximum Gasteiger partial charge on any atom is 0.435 e. The van der Waals surface area contributed by atoms with Gasteiger partial charge < -0.3 is 9.42 Å². The fourth-order valence-electron chi connectivity index (χ4n) is 2.58. The lowest BCUT2D eigenvalue weighted by Crippen LogP contribution is -2.28. The Morgan fingerprint density at radius 3 is 2.76 bits per heavy atom. The van der Waals surface area contributed by atoms with Gasteiger partial charge in [0.25, 0.3) is 0 Å². The summed E-state index contributed by atoms with van der Waals surface area (Å²) in [6.07, 6.45) is -3.37. The third kappa shape index (κ3) is 3.49. The Balaban J connectivity index is 1.76. The molecule has 6 nitrogen and oxygen atoms in total. The molecule has 1 amide bonds. The van der Waals surface area contributed by atoms with Crippen LogP contribution in [0.1, 0.15) is 17.0 Å². The molecule has 0 fully saturated rings. The number of para-hydroxylation sites is 1. The van der Waals surface area contributed by atoms with Crippen LogP contribution in [0.5, 0.6) is 0 Å². The number of hydrogen-bond donors (Lipinski definition) is 0. The average Bonchev–Trinajstić information content (AvgIpc) is 3.11. The van der Waals surface area contributed by atoms with Crippen LogP contribution < -0.4 is 0 Å². The molecule has 0 aliphatic carbocycles. The Hall–Kier alpha value is -2.84. The number of halogens is 3. The number of hydrogen-bond acceptors (Lipinski definition) is 4. The molecule has 3 aromatic rings. The maximum atomic E-state index is 13.0. The molecular formula is C16H15F3N4O2. The lowest BCUT2D eigenvalue weighted by molar-refractivity contribution is -0.143. The first kappa shape index (κ1) is 17.0. The molecule has 2 aromatic heterocycles. The number of nitrogens with zero attached hydrogens (tertiary/aromatic N) is 4. The molecular weight excluding hydrogens is 337 g/mol. The van der Waals surface area contributed by atoms with Crippen molar-refractivity contribution in [2.45, 2.75) is 19.1 Å². The summed E-state index contributed by atoms with van der Waals surface area (Å²) < 4.78 is 45.2. The monoisotopic (exact) mass is 352 g/mol. The number of fused-ring (bicyclic) bond motifs is 1.